The number of phenols is 1. The first-order valence-electron chi connectivity index (χ1n) is 7.61. The van der Waals surface area contributed by atoms with Gasteiger partial charge >= 0.3 is 0 Å². The maximum Gasteiger partial charge on any atom is 0.262 e. The normalized spacial score (nSPS) is 12.5. The lowest BCUT2D eigenvalue weighted by Crippen LogP contribution is -2.38. The van der Waals surface area contributed by atoms with Crippen molar-refractivity contribution in [3.05, 3.63) is 52.0 Å². The molecule has 2 aromatic rings. The minimum absolute atomic E-state index is 0.0995. The van der Waals surface area contributed by atoms with Gasteiger partial charge in [-0.05, 0) is 18.2 Å². The number of aromatic hydroxyl groups is 1. The summed E-state index contributed by atoms with van der Waals surface area (Å²) in [5.41, 5.74) is 0.698. The summed E-state index contributed by atoms with van der Waals surface area (Å²) in [6.07, 6.45) is 0. The number of hydrogen-bond acceptors (Lipinski definition) is 6. The predicted octanol–water partition coefficient (Wildman–Crippen LogP) is 2.14. The molecule has 7 nitrogen and oxygen atoms in total. The monoisotopic (exact) mass is 365 g/mol. The number of carbonyl (C=O) groups excluding carboxylic acids is 1. The molecule has 0 aromatic heterocycles. The van der Waals surface area contributed by atoms with E-state index < -0.39 is 5.91 Å². The highest BCUT2D eigenvalue weighted by molar-refractivity contribution is 6.35. The number of nitriles is 2. The molecule has 0 radical (unpaired) electrons. The van der Waals surface area contributed by atoms with Gasteiger partial charge in [-0.1, -0.05) is 23.7 Å². The highest BCUT2D eigenvalue weighted by Crippen LogP contribution is 2.38. The second-order valence-electron chi connectivity index (χ2n) is 5.38. The van der Waals surface area contributed by atoms with Gasteiger partial charge in [-0.2, -0.15) is 10.5 Å². The molecule has 0 unspecified atom stereocenters. The standard InChI is InChI=1S/C18H12ClN5O2/c19-16-11(9-21)2-1-3-12(16)14-10(8-20)4-5-13(25)15(14)17(26)24-18-22-6-7-23-18/h1-5,25H,6-7H2,(H2,22,23,24,26). The lowest BCUT2D eigenvalue weighted by molar-refractivity contribution is 0.0974. The highest BCUT2D eigenvalue weighted by Gasteiger charge is 2.24. The van der Waals surface area contributed by atoms with Crippen molar-refractivity contribution in [2.75, 3.05) is 13.1 Å². The third-order valence-electron chi connectivity index (χ3n) is 3.83. The summed E-state index contributed by atoms with van der Waals surface area (Å²) in [5, 5.41) is 34.5. The van der Waals surface area contributed by atoms with E-state index in [0.29, 0.717) is 24.6 Å². The van der Waals surface area contributed by atoms with E-state index in [1.807, 2.05) is 12.1 Å². The largest absolute Gasteiger partial charge is 0.507 e. The van der Waals surface area contributed by atoms with Crippen molar-refractivity contribution in [2.45, 2.75) is 0 Å². The molecule has 0 saturated heterocycles. The second-order valence-corrected chi connectivity index (χ2v) is 5.76. The molecule has 1 aliphatic heterocycles. The van der Waals surface area contributed by atoms with E-state index in [1.165, 1.54) is 18.2 Å². The fourth-order valence-corrected chi connectivity index (χ4v) is 2.92. The lowest BCUT2D eigenvalue weighted by atomic mass is 9.92. The van der Waals surface area contributed by atoms with Crippen LogP contribution < -0.4 is 10.6 Å². The molecular formula is C18H12ClN5O2. The average Bonchev–Trinajstić information content (AvgIpc) is 3.14. The number of nitrogens with one attached hydrogen (secondary N) is 2. The predicted molar refractivity (Wildman–Crippen MR) is 95.8 cm³/mol. The third-order valence-corrected chi connectivity index (χ3v) is 4.23. The van der Waals surface area contributed by atoms with Gasteiger partial charge in [0.15, 0.2) is 5.96 Å². The van der Waals surface area contributed by atoms with Gasteiger partial charge in [0.25, 0.3) is 5.91 Å². The molecular weight excluding hydrogens is 354 g/mol. The Balaban J connectivity index is 2.21. The van der Waals surface area contributed by atoms with Crippen LogP contribution in [0, 0.1) is 22.7 Å². The van der Waals surface area contributed by atoms with Crippen LogP contribution in [0.25, 0.3) is 11.1 Å². The molecule has 3 rings (SSSR count). The van der Waals surface area contributed by atoms with Crippen molar-refractivity contribution < 1.29 is 9.90 Å². The molecule has 0 atom stereocenters. The molecule has 1 aliphatic rings. The molecule has 0 aliphatic carbocycles. The molecule has 128 valence electrons. The number of halogens is 1. The van der Waals surface area contributed by atoms with E-state index in [4.69, 9.17) is 11.6 Å². The molecule has 26 heavy (non-hydrogen) atoms. The highest BCUT2D eigenvalue weighted by atomic mass is 35.5. The molecule has 0 fully saturated rings. The van der Waals surface area contributed by atoms with Crippen molar-refractivity contribution in [2.24, 2.45) is 4.99 Å². The molecule has 8 heteroatoms. The minimum atomic E-state index is -0.638. The van der Waals surface area contributed by atoms with Crippen LogP contribution in [-0.4, -0.2) is 30.1 Å². The van der Waals surface area contributed by atoms with Crippen LogP contribution in [0.5, 0.6) is 5.75 Å². The summed E-state index contributed by atoms with van der Waals surface area (Å²) in [5.74, 6) is -0.658. The summed E-state index contributed by atoms with van der Waals surface area (Å²) in [7, 11) is 0. The Morgan fingerprint density at radius 2 is 2.00 bits per heavy atom. The Morgan fingerprint density at radius 3 is 2.65 bits per heavy atom. The van der Waals surface area contributed by atoms with E-state index >= 15 is 0 Å². The molecule has 0 spiro atoms. The summed E-state index contributed by atoms with van der Waals surface area (Å²) in [6.45, 7) is 1.13. The number of guanidine groups is 1. The van der Waals surface area contributed by atoms with Crippen molar-refractivity contribution in [3.63, 3.8) is 0 Å². The number of nitrogens with zero attached hydrogens (tertiary/aromatic N) is 3. The summed E-state index contributed by atoms with van der Waals surface area (Å²) in [6, 6.07) is 11.3. The van der Waals surface area contributed by atoms with E-state index in [0.717, 1.165) is 0 Å². The van der Waals surface area contributed by atoms with Crippen LogP contribution in [0.4, 0.5) is 0 Å². The summed E-state index contributed by atoms with van der Waals surface area (Å²) < 4.78 is 0. The van der Waals surface area contributed by atoms with Gasteiger partial charge in [0, 0.05) is 17.7 Å². The van der Waals surface area contributed by atoms with Gasteiger partial charge in [0.2, 0.25) is 0 Å². The van der Waals surface area contributed by atoms with Crippen LogP contribution in [0.2, 0.25) is 5.02 Å². The number of benzene rings is 2. The number of amides is 1. The Bertz CT molecular complexity index is 1020. The maximum absolute atomic E-state index is 12.7. The number of phenolic OH excluding ortho intramolecular Hbond substituents is 1. The van der Waals surface area contributed by atoms with Crippen molar-refractivity contribution in [3.8, 4) is 29.0 Å². The van der Waals surface area contributed by atoms with E-state index in [2.05, 4.69) is 15.6 Å². The topological polar surface area (TPSA) is 121 Å². The lowest BCUT2D eigenvalue weighted by Gasteiger charge is -2.15. The van der Waals surface area contributed by atoms with Gasteiger partial charge in [0.1, 0.15) is 11.8 Å². The smallest absolute Gasteiger partial charge is 0.262 e. The quantitative estimate of drug-likeness (QED) is 0.752. The third kappa shape index (κ3) is 3.04. The SMILES string of the molecule is N#Cc1cccc(-c2c(C#N)ccc(O)c2C(=O)NC2=NCCN2)c1Cl. The molecule has 0 saturated carbocycles. The summed E-state index contributed by atoms with van der Waals surface area (Å²) >= 11 is 6.29. The fourth-order valence-electron chi connectivity index (χ4n) is 2.66. The molecule has 3 N–H and O–H groups in total. The maximum atomic E-state index is 12.7. The van der Waals surface area contributed by atoms with E-state index in [1.54, 1.807) is 12.1 Å². The van der Waals surface area contributed by atoms with Crippen molar-refractivity contribution in [1.29, 1.82) is 10.5 Å². The second kappa shape index (κ2) is 7.14. The zero-order chi connectivity index (χ0) is 18.7. The number of rotatable bonds is 2. The molecule has 1 amide bonds. The van der Waals surface area contributed by atoms with Crippen molar-refractivity contribution in [1.82, 2.24) is 10.6 Å². The summed E-state index contributed by atoms with van der Waals surface area (Å²) in [4.78, 5) is 16.8. The first-order chi connectivity index (χ1) is 12.6. The number of carbonyl (C=O) groups is 1. The van der Waals surface area contributed by atoms with Gasteiger partial charge in [-0.15, -0.1) is 0 Å². The molecule has 0 bridgehead atoms. The molecule has 1 heterocycles. The van der Waals surface area contributed by atoms with Gasteiger partial charge in [0.05, 0.1) is 34.3 Å². The Morgan fingerprint density at radius 1 is 1.23 bits per heavy atom. The Hall–Kier alpha value is -3.55. The zero-order valence-corrected chi connectivity index (χ0v) is 14.1. The van der Waals surface area contributed by atoms with Crippen LogP contribution in [0.1, 0.15) is 21.5 Å². The van der Waals surface area contributed by atoms with Crippen LogP contribution in [0.15, 0.2) is 35.3 Å². The van der Waals surface area contributed by atoms with Gasteiger partial charge in [-0.25, -0.2) is 0 Å². The van der Waals surface area contributed by atoms with E-state index in [9.17, 15) is 20.4 Å². The van der Waals surface area contributed by atoms with Crippen molar-refractivity contribution >= 4 is 23.5 Å². The minimum Gasteiger partial charge on any atom is -0.507 e. The number of aliphatic imine (C=N–C) groups is 1. The number of hydrogen-bond donors (Lipinski definition) is 3. The first kappa shape index (κ1) is 17.3. The molecule has 2 aromatic carbocycles. The Labute approximate surface area is 154 Å². The first-order valence-corrected chi connectivity index (χ1v) is 7.99. The van der Waals surface area contributed by atoms with Crippen LogP contribution in [0.3, 0.4) is 0 Å². The fraction of sp³-hybridized carbons (Fsp3) is 0.111. The van der Waals surface area contributed by atoms with E-state index in [-0.39, 0.29) is 33.0 Å². The van der Waals surface area contributed by atoms with Gasteiger partial charge < -0.3 is 10.4 Å². The zero-order valence-electron chi connectivity index (χ0n) is 13.4. The van der Waals surface area contributed by atoms with Crippen LogP contribution >= 0.6 is 11.6 Å². The Kier molecular flexibility index (Phi) is 4.74. The van der Waals surface area contributed by atoms with Gasteiger partial charge in [-0.3, -0.25) is 15.1 Å². The van der Waals surface area contributed by atoms with Crippen LogP contribution in [-0.2, 0) is 0 Å². The average molecular weight is 366 g/mol.